The average Bonchev–Trinajstić information content (AvgIpc) is 2.50. The maximum Gasteiger partial charge on any atom is 0.241 e. The van der Waals surface area contributed by atoms with Crippen LogP contribution in [-0.2, 0) is 11.3 Å². The molecule has 0 saturated carbocycles. The van der Waals surface area contributed by atoms with Gasteiger partial charge in [-0.05, 0) is 26.8 Å². The predicted molar refractivity (Wildman–Crippen MR) is 53.1 cm³/mol. The number of carbonyl (C=O) groups is 1. The molecule has 3 N–H and O–H groups in total. The second kappa shape index (κ2) is 3.79. The highest BCUT2D eigenvalue weighted by Gasteiger charge is 2.28. The molecule has 1 amide bonds. The van der Waals surface area contributed by atoms with Gasteiger partial charge in [0.1, 0.15) is 0 Å². The van der Waals surface area contributed by atoms with Crippen molar-refractivity contribution in [1.82, 2.24) is 15.2 Å². The van der Waals surface area contributed by atoms with Crippen LogP contribution in [0.25, 0.3) is 0 Å². The minimum Gasteiger partial charge on any atom is -0.294 e. The fourth-order valence-corrected chi connectivity index (χ4v) is 1.21. The fourth-order valence-electron chi connectivity index (χ4n) is 1.21. The molecule has 0 aromatic carbocycles. The summed E-state index contributed by atoms with van der Waals surface area (Å²) >= 11 is 0. The van der Waals surface area contributed by atoms with E-state index in [9.17, 15) is 4.79 Å². The second-order valence-corrected chi connectivity index (χ2v) is 3.99. The molecular weight excluding hydrogens is 180 g/mol. The number of aromatic nitrogens is 2. The van der Waals surface area contributed by atoms with E-state index in [1.165, 1.54) is 0 Å². The molecule has 0 aliphatic carbocycles. The van der Waals surface area contributed by atoms with E-state index in [-0.39, 0.29) is 5.91 Å². The highest BCUT2D eigenvalue weighted by Crippen LogP contribution is 2.18. The molecule has 1 heterocycles. The van der Waals surface area contributed by atoms with Crippen LogP contribution in [0.3, 0.4) is 0 Å². The molecule has 1 rings (SSSR count). The minimum atomic E-state index is -0.550. The van der Waals surface area contributed by atoms with Crippen molar-refractivity contribution in [2.24, 2.45) is 11.3 Å². The Morgan fingerprint density at radius 2 is 2.36 bits per heavy atom. The molecule has 0 saturated heterocycles. The van der Waals surface area contributed by atoms with Gasteiger partial charge in [0, 0.05) is 11.9 Å². The predicted octanol–water partition coefficient (Wildman–Crippen LogP) is 0.208. The summed E-state index contributed by atoms with van der Waals surface area (Å²) in [6.45, 7) is 6.13. The number of hydrogen-bond acceptors (Lipinski definition) is 3. The SMILES string of the molecule is Cc1ccnn1CC(C)(C)C(=O)NN. The molecule has 0 radical (unpaired) electrons. The Labute approximate surface area is 83.2 Å². The van der Waals surface area contributed by atoms with E-state index < -0.39 is 5.41 Å². The van der Waals surface area contributed by atoms with Crippen LogP contribution in [0.2, 0.25) is 0 Å². The molecule has 5 heteroatoms. The summed E-state index contributed by atoms with van der Waals surface area (Å²) in [5.74, 6) is 4.91. The third-order valence-electron chi connectivity index (χ3n) is 2.22. The normalized spacial score (nSPS) is 11.4. The second-order valence-electron chi connectivity index (χ2n) is 3.99. The molecule has 0 aliphatic rings. The van der Waals surface area contributed by atoms with Crippen molar-refractivity contribution in [2.75, 3.05) is 0 Å². The zero-order valence-corrected chi connectivity index (χ0v) is 8.74. The number of hydrogen-bond donors (Lipinski definition) is 2. The fraction of sp³-hybridized carbons (Fsp3) is 0.556. The Bertz CT molecular complexity index is 329. The van der Waals surface area contributed by atoms with Gasteiger partial charge in [-0.2, -0.15) is 5.10 Å². The molecule has 14 heavy (non-hydrogen) atoms. The van der Waals surface area contributed by atoms with Crippen molar-refractivity contribution < 1.29 is 4.79 Å². The molecule has 0 atom stereocenters. The summed E-state index contributed by atoms with van der Waals surface area (Å²) in [6.07, 6.45) is 1.71. The maximum absolute atomic E-state index is 11.4. The summed E-state index contributed by atoms with van der Waals surface area (Å²) in [6, 6.07) is 1.90. The summed E-state index contributed by atoms with van der Waals surface area (Å²) in [5.41, 5.74) is 2.64. The van der Waals surface area contributed by atoms with Crippen LogP contribution in [0.1, 0.15) is 19.5 Å². The van der Waals surface area contributed by atoms with Crippen molar-refractivity contribution in [3.63, 3.8) is 0 Å². The van der Waals surface area contributed by atoms with Crippen molar-refractivity contribution in [2.45, 2.75) is 27.3 Å². The Balaban J connectivity index is 2.78. The van der Waals surface area contributed by atoms with Crippen LogP contribution in [-0.4, -0.2) is 15.7 Å². The third-order valence-corrected chi connectivity index (χ3v) is 2.22. The van der Waals surface area contributed by atoms with E-state index in [0.29, 0.717) is 6.54 Å². The molecule has 1 aromatic rings. The highest BCUT2D eigenvalue weighted by atomic mass is 16.2. The Morgan fingerprint density at radius 1 is 1.71 bits per heavy atom. The molecular formula is C9H16N4O. The lowest BCUT2D eigenvalue weighted by molar-refractivity contribution is -0.130. The van der Waals surface area contributed by atoms with Crippen LogP contribution in [0, 0.1) is 12.3 Å². The highest BCUT2D eigenvalue weighted by molar-refractivity contribution is 5.81. The number of rotatable bonds is 3. The van der Waals surface area contributed by atoms with Gasteiger partial charge < -0.3 is 0 Å². The van der Waals surface area contributed by atoms with Gasteiger partial charge in [0.05, 0.1) is 12.0 Å². The van der Waals surface area contributed by atoms with Gasteiger partial charge in [0.2, 0.25) is 5.91 Å². The Hall–Kier alpha value is -1.36. The van der Waals surface area contributed by atoms with E-state index in [1.54, 1.807) is 10.9 Å². The number of amides is 1. The standard InChI is InChI=1S/C9H16N4O/c1-7-4-5-11-13(7)6-9(2,3)8(14)12-10/h4-5H,6,10H2,1-3H3,(H,12,14). The number of nitrogens with two attached hydrogens (primary N) is 1. The van der Waals surface area contributed by atoms with Crippen molar-refractivity contribution in [1.29, 1.82) is 0 Å². The summed E-state index contributed by atoms with van der Waals surface area (Å²) < 4.78 is 1.79. The molecule has 0 bridgehead atoms. The van der Waals surface area contributed by atoms with Gasteiger partial charge in [-0.25, -0.2) is 5.84 Å². The summed E-state index contributed by atoms with van der Waals surface area (Å²) in [5, 5.41) is 4.11. The van der Waals surface area contributed by atoms with E-state index in [0.717, 1.165) is 5.69 Å². The Morgan fingerprint density at radius 3 is 2.79 bits per heavy atom. The van der Waals surface area contributed by atoms with E-state index in [2.05, 4.69) is 10.5 Å². The largest absolute Gasteiger partial charge is 0.294 e. The van der Waals surface area contributed by atoms with Crippen LogP contribution >= 0.6 is 0 Å². The lowest BCUT2D eigenvalue weighted by Crippen LogP contribution is -2.43. The number of nitrogens with zero attached hydrogens (tertiary/aromatic N) is 2. The smallest absolute Gasteiger partial charge is 0.241 e. The first-order chi connectivity index (χ1) is 6.47. The Kier molecular flexibility index (Phi) is 2.90. The van der Waals surface area contributed by atoms with Crippen LogP contribution < -0.4 is 11.3 Å². The molecule has 0 fully saturated rings. The monoisotopic (exact) mass is 196 g/mol. The van der Waals surface area contributed by atoms with Crippen LogP contribution in [0.4, 0.5) is 0 Å². The number of carbonyl (C=O) groups excluding carboxylic acids is 1. The topological polar surface area (TPSA) is 72.9 Å². The van der Waals surface area contributed by atoms with Gasteiger partial charge in [-0.3, -0.25) is 14.9 Å². The van der Waals surface area contributed by atoms with Gasteiger partial charge in [-0.1, -0.05) is 0 Å². The van der Waals surface area contributed by atoms with Gasteiger partial charge in [-0.15, -0.1) is 0 Å². The lowest BCUT2D eigenvalue weighted by atomic mass is 9.92. The first-order valence-electron chi connectivity index (χ1n) is 4.47. The maximum atomic E-state index is 11.4. The van der Waals surface area contributed by atoms with Crippen LogP contribution in [0.15, 0.2) is 12.3 Å². The lowest BCUT2D eigenvalue weighted by Gasteiger charge is -2.22. The summed E-state index contributed by atoms with van der Waals surface area (Å²) in [7, 11) is 0. The molecule has 0 unspecified atom stereocenters. The molecule has 78 valence electrons. The van der Waals surface area contributed by atoms with Gasteiger partial charge >= 0.3 is 0 Å². The summed E-state index contributed by atoms with van der Waals surface area (Å²) in [4.78, 5) is 11.4. The molecule has 1 aromatic heterocycles. The molecule has 5 nitrogen and oxygen atoms in total. The van der Waals surface area contributed by atoms with Crippen molar-refractivity contribution in [3.05, 3.63) is 18.0 Å². The number of nitrogens with one attached hydrogen (secondary N) is 1. The van der Waals surface area contributed by atoms with Gasteiger partial charge in [0.25, 0.3) is 0 Å². The number of hydrazine groups is 1. The first kappa shape index (κ1) is 10.7. The zero-order chi connectivity index (χ0) is 10.8. The van der Waals surface area contributed by atoms with Crippen molar-refractivity contribution >= 4 is 5.91 Å². The number of aryl methyl sites for hydroxylation is 1. The quantitative estimate of drug-likeness (QED) is 0.412. The first-order valence-corrected chi connectivity index (χ1v) is 4.47. The van der Waals surface area contributed by atoms with Crippen LogP contribution in [0.5, 0.6) is 0 Å². The molecule has 0 aliphatic heterocycles. The van der Waals surface area contributed by atoms with E-state index in [4.69, 9.17) is 5.84 Å². The average molecular weight is 196 g/mol. The van der Waals surface area contributed by atoms with E-state index in [1.807, 2.05) is 26.8 Å². The van der Waals surface area contributed by atoms with Gasteiger partial charge in [0.15, 0.2) is 0 Å². The third kappa shape index (κ3) is 2.11. The van der Waals surface area contributed by atoms with Crippen molar-refractivity contribution in [3.8, 4) is 0 Å². The van der Waals surface area contributed by atoms with E-state index >= 15 is 0 Å². The molecule has 0 spiro atoms. The minimum absolute atomic E-state index is 0.188. The zero-order valence-electron chi connectivity index (χ0n) is 8.74.